The van der Waals surface area contributed by atoms with E-state index in [2.05, 4.69) is 10.0 Å². The van der Waals surface area contributed by atoms with Crippen LogP contribution in [0.1, 0.15) is 29.6 Å². The zero-order chi connectivity index (χ0) is 22.4. The first-order chi connectivity index (χ1) is 14.8. The molecular formula is C21H23ClFN3O4S. The van der Waals surface area contributed by atoms with Gasteiger partial charge in [0, 0.05) is 32.1 Å². The van der Waals surface area contributed by atoms with Gasteiger partial charge in [-0.05, 0) is 37.1 Å². The molecule has 2 aromatic rings. The third kappa shape index (κ3) is 6.03. The molecule has 166 valence electrons. The van der Waals surface area contributed by atoms with Crippen LogP contribution in [0.15, 0.2) is 53.4 Å². The number of piperidine rings is 1. The molecule has 2 amide bonds. The van der Waals surface area contributed by atoms with Gasteiger partial charge in [0.1, 0.15) is 10.7 Å². The van der Waals surface area contributed by atoms with Gasteiger partial charge in [-0.3, -0.25) is 9.59 Å². The van der Waals surface area contributed by atoms with Crippen LogP contribution in [0.4, 0.5) is 4.39 Å². The molecule has 3 rings (SSSR count). The molecule has 1 aliphatic rings. The highest BCUT2D eigenvalue weighted by Gasteiger charge is 2.26. The SMILES string of the molecule is O=C(CCNS(=O)(=O)c1ccccc1Cl)NC1CCN(C(=O)c2ccccc2F)CC1. The van der Waals surface area contributed by atoms with E-state index in [0.29, 0.717) is 25.9 Å². The average molecular weight is 468 g/mol. The number of nitrogens with one attached hydrogen (secondary N) is 2. The minimum atomic E-state index is -3.80. The molecule has 0 aromatic heterocycles. The first-order valence-corrected chi connectivity index (χ1v) is 11.7. The maximum atomic E-state index is 13.8. The van der Waals surface area contributed by atoms with Gasteiger partial charge in [-0.1, -0.05) is 35.9 Å². The molecule has 0 atom stereocenters. The number of carbonyl (C=O) groups is 2. The van der Waals surface area contributed by atoms with Crippen LogP contribution in [0.2, 0.25) is 5.02 Å². The van der Waals surface area contributed by atoms with Crippen LogP contribution in [-0.4, -0.2) is 50.8 Å². The van der Waals surface area contributed by atoms with Gasteiger partial charge in [-0.15, -0.1) is 0 Å². The van der Waals surface area contributed by atoms with Crippen LogP contribution in [0.3, 0.4) is 0 Å². The average Bonchev–Trinajstić information content (AvgIpc) is 2.74. The number of hydrogen-bond acceptors (Lipinski definition) is 4. The number of carbonyl (C=O) groups excluding carboxylic acids is 2. The van der Waals surface area contributed by atoms with Gasteiger partial charge in [0.05, 0.1) is 10.6 Å². The Kier molecular flexibility index (Phi) is 7.64. The van der Waals surface area contributed by atoms with Gasteiger partial charge in [-0.25, -0.2) is 17.5 Å². The Morgan fingerprint density at radius 3 is 2.39 bits per heavy atom. The molecule has 1 fully saturated rings. The van der Waals surface area contributed by atoms with Crippen molar-refractivity contribution >= 4 is 33.4 Å². The summed E-state index contributed by atoms with van der Waals surface area (Å²) in [6.07, 6.45) is 1.05. The highest BCUT2D eigenvalue weighted by atomic mass is 35.5. The fourth-order valence-electron chi connectivity index (χ4n) is 3.37. The van der Waals surface area contributed by atoms with Crippen LogP contribution in [0.5, 0.6) is 0 Å². The minimum absolute atomic E-state index is 0.0297. The highest BCUT2D eigenvalue weighted by molar-refractivity contribution is 7.89. The Morgan fingerprint density at radius 2 is 1.71 bits per heavy atom. The predicted octanol–water partition coefficient (Wildman–Crippen LogP) is 2.57. The zero-order valence-electron chi connectivity index (χ0n) is 16.7. The van der Waals surface area contributed by atoms with Gasteiger partial charge in [0.2, 0.25) is 15.9 Å². The third-order valence-corrected chi connectivity index (χ3v) is 6.98. The molecule has 31 heavy (non-hydrogen) atoms. The summed E-state index contributed by atoms with van der Waals surface area (Å²) in [5.74, 6) is -1.21. The lowest BCUT2D eigenvalue weighted by molar-refractivity contribution is -0.121. The van der Waals surface area contributed by atoms with E-state index >= 15 is 0 Å². The fourth-order valence-corrected chi connectivity index (χ4v) is 4.92. The third-order valence-electron chi connectivity index (χ3n) is 5.02. The van der Waals surface area contributed by atoms with Crippen LogP contribution in [0.25, 0.3) is 0 Å². The molecule has 0 bridgehead atoms. The molecule has 2 aromatic carbocycles. The van der Waals surface area contributed by atoms with Gasteiger partial charge in [0.25, 0.3) is 5.91 Å². The number of nitrogens with zero attached hydrogens (tertiary/aromatic N) is 1. The van der Waals surface area contributed by atoms with Crippen molar-refractivity contribution in [2.45, 2.75) is 30.2 Å². The number of likely N-dealkylation sites (tertiary alicyclic amines) is 1. The molecule has 0 spiro atoms. The van der Waals surface area contributed by atoms with Crippen molar-refractivity contribution in [2.75, 3.05) is 19.6 Å². The lowest BCUT2D eigenvalue weighted by Crippen LogP contribution is -2.47. The first-order valence-electron chi connectivity index (χ1n) is 9.85. The van der Waals surface area contributed by atoms with E-state index in [1.807, 2.05) is 0 Å². The highest BCUT2D eigenvalue weighted by Crippen LogP contribution is 2.20. The lowest BCUT2D eigenvalue weighted by Gasteiger charge is -2.32. The molecule has 0 aliphatic carbocycles. The molecular weight excluding hydrogens is 445 g/mol. The number of rotatable bonds is 7. The molecule has 0 saturated carbocycles. The second kappa shape index (κ2) is 10.2. The monoisotopic (exact) mass is 467 g/mol. The molecule has 0 unspecified atom stereocenters. The number of amides is 2. The normalized spacial score (nSPS) is 15.0. The fraction of sp³-hybridized carbons (Fsp3) is 0.333. The van der Waals surface area contributed by atoms with Crippen LogP contribution >= 0.6 is 11.6 Å². The van der Waals surface area contributed by atoms with Crippen molar-refractivity contribution in [3.05, 3.63) is 64.9 Å². The van der Waals surface area contributed by atoms with E-state index in [0.717, 1.165) is 0 Å². The molecule has 1 saturated heterocycles. The van der Waals surface area contributed by atoms with E-state index in [9.17, 15) is 22.4 Å². The summed E-state index contributed by atoms with van der Waals surface area (Å²) in [4.78, 5) is 26.2. The Hall–Kier alpha value is -2.49. The molecule has 10 heteroatoms. The van der Waals surface area contributed by atoms with Crippen molar-refractivity contribution in [3.63, 3.8) is 0 Å². The van der Waals surface area contributed by atoms with Crippen LogP contribution in [0, 0.1) is 5.82 Å². The van der Waals surface area contributed by atoms with Gasteiger partial charge in [0.15, 0.2) is 0 Å². The standard InChI is InChI=1S/C21H23ClFN3O4S/c22-17-6-2-4-8-19(17)31(29,30)24-12-9-20(27)25-15-10-13-26(14-11-15)21(28)16-5-1-3-7-18(16)23/h1-8,15,24H,9-14H2,(H,25,27). The summed E-state index contributed by atoms with van der Waals surface area (Å²) in [5.41, 5.74) is 0.0378. The molecule has 1 heterocycles. The Balaban J connectivity index is 1.43. The van der Waals surface area contributed by atoms with E-state index in [1.165, 1.54) is 30.3 Å². The van der Waals surface area contributed by atoms with Gasteiger partial charge < -0.3 is 10.2 Å². The second-order valence-corrected chi connectivity index (χ2v) is 9.33. The van der Waals surface area contributed by atoms with Crippen LogP contribution < -0.4 is 10.0 Å². The number of halogens is 2. The van der Waals surface area contributed by atoms with Crippen molar-refractivity contribution in [1.29, 1.82) is 0 Å². The minimum Gasteiger partial charge on any atom is -0.353 e. The number of benzene rings is 2. The molecule has 2 N–H and O–H groups in total. The summed E-state index contributed by atoms with van der Waals surface area (Å²) in [5, 5.41) is 2.96. The maximum Gasteiger partial charge on any atom is 0.256 e. The zero-order valence-corrected chi connectivity index (χ0v) is 18.3. The van der Waals surface area contributed by atoms with Gasteiger partial charge in [-0.2, -0.15) is 0 Å². The van der Waals surface area contributed by atoms with Crippen molar-refractivity contribution < 1.29 is 22.4 Å². The summed E-state index contributed by atoms with van der Waals surface area (Å²) in [7, 11) is -3.80. The quantitative estimate of drug-likeness (QED) is 0.654. The maximum absolute atomic E-state index is 13.8. The Bertz CT molecular complexity index is 1060. The van der Waals surface area contributed by atoms with Gasteiger partial charge >= 0.3 is 0 Å². The molecule has 7 nitrogen and oxygen atoms in total. The summed E-state index contributed by atoms with van der Waals surface area (Å²) in [6.45, 7) is 0.735. The van der Waals surface area contributed by atoms with E-state index in [1.54, 1.807) is 23.1 Å². The second-order valence-electron chi connectivity index (χ2n) is 7.19. The largest absolute Gasteiger partial charge is 0.353 e. The Morgan fingerprint density at radius 1 is 1.06 bits per heavy atom. The number of sulfonamides is 1. The van der Waals surface area contributed by atoms with Crippen LogP contribution in [-0.2, 0) is 14.8 Å². The summed E-state index contributed by atoms with van der Waals surface area (Å²) < 4.78 is 40.7. The summed E-state index contributed by atoms with van der Waals surface area (Å²) in [6, 6.07) is 11.8. The smallest absolute Gasteiger partial charge is 0.256 e. The van der Waals surface area contributed by atoms with E-state index in [4.69, 9.17) is 11.6 Å². The van der Waals surface area contributed by atoms with E-state index < -0.39 is 15.8 Å². The predicted molar refractivity (Wildman–Crippen MR) is 115 cm³/mol. The molecule has 0 radical (unpaired) electrons. The lowest BCUT2D eigenvalue weighted by atomic mass is 10.0. The topological polar surface area (TPSA) is 95.6 Å². The van der Waals surface area contributed by atoms with Crippen molar-refractivity contribution in [2.24, 2.45) is 0 Å². The Labute approximate surface area is 185 Å². The number of hydrogen-bond donors (Lipinski definition) is 2. The van der Waals surface area contributed by atoms with E-state index in [-0.39, 0.29) is 46.3 Å². The van der Waals surface area contributed by atoms with Crippen molar-refractivity contribution in [3.8, 4) is 0 Å². The summed E-state index contributed by atoms with van der Waals surface area (Å²) >= 11 is 5.91. The van der Waals surface area contributed by atoms with Crippen molar-refractivity contribution in [1.82, 2.24) is 14.9 Å². The first kappa shape index (κ1) is 23.2. The molecule has 1 aliphatic heterocycles.